The minimum atomic E-state index is -0.639. The van der Waals surface area contributed by atoms with Crippen LogP contribution in [0.4, 0.5) is 4.39 Å². The summed E-state index contributed by atoms with van der Waals surface area (Å²) in [5, 5.41) is 5.10. The largest absolute Gasteiger partial charge is 0.442 e. The van der Waals surface area contributed by atoms with Crippen LogP contribution in [0.15, 0.2) is 53.3 Å². The quantitative estimate of drug-likeness (QED) is 0.419. The number of thiazole rings is 1. The Morgan fingerprint density at radius 3 is 2.69 bits per heavy atom. The number of benzene rings is 2. The Balaban J connectivity index is 1.46. The van der Waals surface area contributed by atoms with Crippen molar-refractivity contribution in [2.24, 2.45) is 0 Å². The fourth-order valence-corrected chi connectivity index (χ4v) is 4.72. The van der Waals surface area contributed by atoms with Crippen molar-refractivity contribution in [2.45, 2.75) is 32.7 Å². The highest BCUT2D eigenvalue weighted by Gasteiger charge is 2.29. The van der Waals surface area contributed by atoms with Crippen LogP contribution in [0.2, 0.25) is 0 Å². The average molecular weight is 450 g/mol. The third kappa shape index (κ3) is 3.44. The van der Waals surface area contributed by atoms with Crippen LogP contribution in [0.3, 0.4) is 0 Å². The molecule has 0 aliphatic carbocycles. The van der Waals surface area contributed by atoms with Crippen LogP contribution in [0.1, 0.15) is 46.3 Å². The lowest BCUT2D eigenvalue weighted by molar-refractivity contribution is 0.101. The van der Waals surface area contributed by atoms with Gasteiger partial charge in [-0.2, -0.15) is 4.68 Å². The number of hydrogen-bond acceptors (Lipinski definition) is 6. The molecule has 32 heavy (non-hydrogen) atoms. The predicted octanol–water partition coefficient (Wildman–Crippen LogP) is 4.47. The second-order valence-electron chi connectivity index (χ2n) is 7.61. The van der Waals surface area contributed by atoms with Crippen molar-refractivity contribution in [3.8, 4) is 16.5 Å². The summed E-state index contributed by atoms with van der Waals surface area (Å²) in [5.41, 5.74) is 1.58. The lowest BCUT2D eigenvalue weighted by atomic mass is 10.1. The maximum Gasteiger partial charge on any atom is 0.351 e. The SMILES string of the molecule is CC(=O)c1nc(C)c(Oc2ccc(-n3nc4n(c3=O)[C@H](c3ccccc3)CC4)cc2F)s1. The normalized spacial score (nSPS) is 15.0. The molecule has 4 aromatic rings. The number of aromatic nitrogens is 4. The van der Waals surface area contributed by atoms with Gasteiger partial charge in [0.1, 0.15) is 5.82 Å². The van der Waals surface area contributed by atoms with E-state index in [4.69, 9.17) is 4.74 Å². The first-order chi connectivity index (χ1) is 15.4. The summed E-state index contributed by atoms with van der Waals surface area (Å²) in [6.45, 7) is 3.11. The molecule has 0 fully saturated rings. The molecule has 1 atom stereocenters. The number of ether oxygens (including phenoxy) is 1. The molecule has 7 nitrogen and oxygen atoms in total. The number of nitrogens with zero attached hydrogens (tertiary/aromatic N) is 4. The molecular weight excluding hydrogens is 431 g/mol. The van der Waals surface area contributed by atoms with Gasteiger partial charge in [0, 0.05) is 19.4 Å². The number of aryl methyl sites for hydroxylation is 2. The number of hydrogen-bond donors (Lipinski definition) is 0. The second-order valence-corrected chi connectivity index (χ2v) is 8.57. The van der Waals surface area contributed by atoms with Gasteiger partial charge in [-0.15, -0.1) is 5.10 Å². The maximum atomic E-state index is 14.8. The number of Topliss-reactive ketones (excluding diaryl/α,β-unsaturated/α-hetero) is 1. The second kappa shape index (κ2) is 7.83. The van der Waals surface area contributed by atoms with E-state index in [1.807, 2.05) is 30.3 Å². The van der Waals surface area contributed by atoms with Crippen LogP contribution >= 0.6 is 11.3 Å². The van der Waals surface area contributed by atoms with E-state index >= 15 is 0 Å². The minimum Gasteiger partial charge on any atom is -0.442 e. The number of carbonyl (C=O) groups excluding carboxylic acids is 1. The van der Waals surface area contributed by atoms with Gasteiger partial charge in [-0.05, 0) is 31.0 Å². The third-order valence-electron chi connectivity index (χ3n) is 5.44. The monoisotopic (exact) mass is 450 g/mol. The molecule has 0 unspecified atom stereocenters. The van der Waals surface area contributed by atoms with Crippen molar-refractivity contribution in [1.29, 1.82) is 0 Å². The first-order valence-corrected chi connectivity index (χ1v) is 11.0. The lowest BCUT2D eigenvalue weighted by Crippen LogP contribution is -2.26. The molecule has 0 bridgehead atoms. The minimum absolute atomic E-state index is 0.0161. The standard InChI is InChI=1S/C23H19FN4O3S/c1-13-22(32-21(25-13)14(2)29)31-19-10-8-16(12-17(19)24)28-23(30)27-18(9-11-20(27)26-28)15-6-4-3-5-7-15/h3-8,10,12,18H,9,11H2,1-2H3/t18-/m0/s1. The van der Waals surface area contributed by atoms with Crippen molar-refractivity contribution < 1.29 is 13.9 Å². The van der Waals surface area contributed by atoms with Crippen LogP contribution in [-0.4, -0.2) is 25.1 Å². The van der Waals surface area contributed by atoms with Crippen molar-refractivity contribution in [2.75, 3.05) is 0 Å². The van der Waals surface area contributed by atoms with Gasteiger partial charge in [-0.3, -0.25) is 9.36 Å². The number of carbonyl (C=O) groups is 1. The fourth-order valence-electron chi connectivity index (χ4n) is 3.89. The Bertz CT molecular complexity index is 1390. The molecule has 9 heteroatoms. The van der Waals surface area contributed by atoms with Gasteiger partial charge in [0.15, 0.2) is 22.4 Å². The molecule has 0 saturated carbocycles. The molecule has 2 aromatic heterocycles. The molecule has 0 radical (unpaired) electrons. The number of ketones is 1. The van der Waals surface area contributed by atoms with Crippen molar-refractivity contribution in [1.82, 2.24) is 19.3 Å². The number of halogens is 1. The summed E-state index contributed by atoms with van der Waals surface area (Å²) in [7, 11) is 0. The zero-order chi connectivity index (χ0) is 22.4. The van der Waals surface area contributed by atoms with Crippen molar-refractivity contribution >= 4 is 17.1 Å². The molecule has 2 aromatic carbocycles. The van der Waals surface area contributed by atoms with Crippen LogP contribution in [0, 0.1) is 12.7 Å². The van der Waals surface area contributed by atoms with E-state index in [2.05, 4.69) is 10.1 Å². The molecule has 1 aliphatic rings. The van der Waals surface area contributed by atoms with E-state index < -0.39 is 5.82 Å². The Kier molecular flexibility index (Phi) is 4.97. The van der Waals surface area contributed by atoms with Crippen LogP contribution in [0.25, 0.3) is 5.69 Å². The van der Waals surface area contributed by atoms with E-state index in [-0.39, 0.29) is 23.3 Å². The van der Waals surface area contributed by atoms with Gasteiger partial charge in [-0.1, -0.05) is 41.7 Å². The van der Waals surface area contributed by atoms with Gasteiger partial charge >= 0.3 is 5.69 Å². The summed E-state index contributed by atoms with van der Waals surface area (Å²) in [4.78, 5) is 28.8. The Hall–Kier alpha value is -3.59. The van der Waals surface area contributed by atoms with E-state index in [1.54, 1.807) is 17.6 Å². The van der Waals surface area contributed by atoms with Gasteiger partial charge < -0.3 is 4.74 Å². The summed E-state index contributed by atoms with van der Waals surface area (Å²) in [6.07, 6.45) is 1.48. The first-order valence-electron chi connectivity index (χ1n) is 10.1. The maximum absolute atomic E-state index is 14.8. The van der Waals surface area contributed by atoms with Crippen molar-refractivity contribution in [3.05, 3.63) is 86.9 Å². The van der Waals surface area contributed by atoms with Crippen LogP contribution < -0.4 is 10.4 Å². The molecule has 1 aliphatic heterocycles. The highest BCUT2D eigenvalue weighted by Crippen LogP contribution is 2.34. The summed E-state index contributed by atoms with van der Waals surface area (Å²) >= 11 is 1.07. The average Bonchev–Trinajstić information content (AvgIpc) is 3.45. The van der Waals surface area contributed by atoms with Crippen LogP contribution in [-0.2, 0) is 6.42 Å². The zero-order valence-corrected chi connectivity index (χ0v) is 18.2. The summed E-state index contributed by atoms with van der Waals surface area (Å²) in [5.74, 6) is -0.150. The van der Waals surface area contributed by atoms with E-state index in [9.17, 15) is 14.0 Å². The van der Waals surface area contributed by atoms with Gasteiger partial charge in [0.2, 0.25) is 5.06 Å². The van der Waals surface area contributed by atoms with Crippen molar-refractivity contribution in [3.63, 3.8) is 0 Å². The predicted molar refractivity (Wildman–Crippen MR) is 118 cm³/mol. The molecule has 0 N–H and O–H groups in total. The highest BCUT2D eigenvalue weighted by molar-refractivity contribution is 7.15. The molecule has 0 amide bonds. The Morgan fingerprint density at radius 2 is 2.00 bits per heavy atom. The topological polar surface area (TPSA) is 79.0 Å². The van der Waals surface area contributed by atoms with Gasteiger partial charge in [0.25, 0.3) is 0 Å². The number of rotatable bonds is 5. The summed E-state index contributed by atoms with van der Waals surface area (Å²) < 4.78 is 23.4. The molecular formula is C23H19FN4O3S. The number of fused-ring (bicyclic) bond motifs is 1. The molecule has 5 rings (SSSR count). The molecule has 162 valence electrons. The highest BCUT2D eigenvalue weighted by atomic mass is 32.1. The molecule has 0 spiro atoms. The van der Waals surface area contributed by atoms with E-state index in [0.29, 0.717) is 33.7 Å². The first kappa shape index (κ1) is 20.3. The molecule has 0 saturated heterocycles. The summed E-state index contributed by atoms with van der Waals surface area (Å²) in [6, 6.07) is 14.0. The zero-order valence-electron chi connectivity index (χ0n) is 17.4. The van der Waals surface area contributed by atoms with Gasteiger partial charge in [-0.25, -0.2) is 14.2 Å². The smallest absolute Gasteiger partial charge is 0.351 e. The van der Waals surface area contributed by atoms with E-state index in [1.165, 1.54) is 23.7 Å². The van der Waals surface area contributed by atoms with Gasteiger partial charge in [0.05, 0.1) is 17.4 Å². The Morgan fingerprint density at radius 1 is 1.22 bits per heavy atom. The fraction of sp³-hybridized carbons (Fsp3) is 0.217. The van der Waals surface area contributed by atoms with Crippen LogP contribution in [0.5, 0.6) is 10.8 Å². The lowest BCUT2D eigenvalue weighted by Gasteiger charge is -2.12. The molecule has 3 heterocycles. The third-order valence-corrected chi connectivity index (χ3v) is 6.57. The Labute approximate surface area is 186 Å². The van der Waals surface area contributed by atoms with E-state index in [0.717, 1.165) is 23.3 Å².